The van der Waals surface area contributed by atoms with Crippen molar-refractivity contribution in [1.82, 2.24) is 15.1 Å². The summed E-state index contributed by atoms with van der Waals surface area (Å²) in [6, 6.07) is 6.99. The predicted molar refractivity (Wildman–Crippen MR) is 106 cm³/mol. The number of rotatable bonds is 4. The fraction of sp³-hybridized carbons (Fsp3) is 0.526. The molecule has 6 nitrogen and oxygen atoms in total. The molecule has 0 bridgehead atoms. The maximum absolute atomic E-state index is 12.4. The van der Waals surface area contributed by atoms with E-state index < -0.39 is 0 Å². The van der Waals surface area contributed by atoms with Gasteiger partial charge >= 0.3 is 0 Å². The molecule has 0 aromatic heterocycles. The molecule has 1 aromatic carbocycles. The summed E-state index contributed by atoms with van der Waals surface area (Å²) >= 11 is 2.02. The van der Waals surface area contributed by atoms with Crippen LogP contribution in [0.2, 0.25) is 0 Å². The fourth-order valence-electron chi connectivity index (χ4n) is 3.33. The molecule has 1 fully saturated rings. The van der Waals surface area contributed by atoms with Crippen LogP contribution in [0, 0.1) is 5.92 Å². The number of carbonyl (C=O) groups excluding carboxylic acids is 2. The quantitative estimate of drug-likeness (QED) is 0.496. The maximum Gasteiger partial charge on any atom is 0.261 e. The average molecular weight is 375 g/mol. The van der Waals surface area contributed by atoms with E-state index in [-0.39, 0.29) is 11.8 Å². The summed E-state index contributed by atoms with van der Waals surface area (Å²) in [6.45, 7) is 7.25. The van der Waals surface area contributed by atoms with Gasteiger partial charge in [0.25, 0.3) is 11.8 Å². The topological polar surface area (TPSA) is 65.0 Å². The van der Waals surface area contributed by atoms with Crippen LogP contribution in [0.3, 0.4) is 0 Å². The van der Waals surface area contributed by atoms with Crippen LogP contribution < -0.4 is 5.32 Å². The monoisotopic (exact) mass is 374 g/mol. The summed E-state index contributed by atoms with van der Waals surface area (Å²) < 4.78 is 0. The normalized spacial score (nSPS) is 20.8. The highest BCUT2D eigenvalue weighted by atomic mass is 32.2. The molecule has 1 aromatic rings. The van der Waals surface area contributed by atoms with Gasteiger partial charge in [-0.2, -0.15) is 11.8 Å². The minimum Gasteiger partial charge on any atom is -0.354 e. The Morgan fingerprint density at radius 1 is 1.27 bits per heavy atom. The number of hydrogen-bond donors (Lipinski definition) is 1. The minimum absolute atomic E-state index is 0.211. The van der Waals surface area contributed by atoms with Gasteiger partial charge in [-0.3, -0.25) is 19.5 Å². The Morgan fingerprint density at radius 2 is 1.92 bits per heavy atom. The Kier molecular flexibility index (Phi) is 5.86. The lowest BCUT2D eigenvalue weighted by Gasteiger charge is -2.36. The van der Waals surface area contributed by atoms with Crippen molar-refractivity contribution >= 4 is 29.5 Å². The summed E-state index contributed by atoms with van der Waals surface area (Å²) in [4.78, 5) is 32.8. The van der Waals surface area contributed by atoms with E-state index in [0.717, 1.165) is 24.8 Å². The number of nitrogens with one attached hydrogen (secondary N) is 1. The SMILES string of the molecule is CN=C(NCCN1C(=O)c2ccccc2C1=O)N1CCSC(C(C)C)C1. The fourth-order valence-corrected chi connectivity index (χ4v) is 4.62. The van der Waals surface area contributed by atoms with E-state index in [0.29, 0.717) is 35.4 Å². The zero-order valence-electron chi connectivity index (χ0n) is 15.6. The number of fused-ring (bicyclic) bond motifs is 1. The molecule has 1 N–H and O–H groups in total. The standard InChI is InChI=1S/C19H26N4O2S/c1-13(2)16-12-22(10-11-26-16)19(20-3)21-8-9-23-17(24)14-6-4-5-7-15(14)18(23)25/h4-7,13,16H,8-12H2,1-3H3,(H,20,21). The van der Waals surface area contributed by atoms with Gasteiger partial charge in [0, 0.05) is 44.2 Å². The highest BCUT2D eigenvalue weighted by Crippen LogP contribution is 2.25. The molecule has 0 saturated carbocycles. The second-order valence-electron chi connectivity index (χ2n) is 6.88. The number of amides is 2. The summed E-state index contributed by atoms with van der Waals surface area (Å²) in [7, 11) is 1.77. The molecule has 2 heterocycles. The van der Waals surface area contributed by atoms with Gasteiger partial charge in [0.05, 0.1) is 11.1 Å². The van der Waals surface area contributed by atoms with E-state index in [2.05, 4.69) is 29.1 Å². The average Bonchev–Trinajstić information content (AvgIpc) is 2.90. The number of benzene rings is 1. The molecule has 0 spiro atoms. The second-order valence-corrected chi connectivity index (χ2v) is 8.23. The number of carbonyl (C=O) groups is 2. The van der Waals surface area contributed by atoms with Gasteiger partial charge in [0.15, 0.2) is 5.96 Å². The molecular formula is C19H26N4O2S. The summed E-state index contributed by atoms with van der Waals surface area (Å²) in [6.07, 6.45) is 0. The van der Waals surface area contributed by atoms with Gasteiger partial charge in [-0.1, -0.05) is 26.0 Å². The zero-order valence-corrected chi connectivity index (χ0v) is 16.4. The third kappa shape index (κ3) is 3.72. The van der Waals surface area contributed by atoms with Crippen LogP contribution in [0.5, 0.6) is 0 Å². The van der Waals surface area contributed by atoms with Crippen LogP contribution >= 0.6 is 11.8 Å². The van der Waals surface area contributed by atoms with E-state index in [1.165, 1.54) is 4.90 Å². The van der Waals surface area contributed by atoms with Crippen molar-refractivity contribution in [3.63, 3.8) is 0 Å². The van der Waals surface area contributed by atoms with Crippen LogP contribution in [0.1, 0.15) is 34.6 Å². The molecule has 2 amide bonds. The molecule has 0 radical (unpaired) electrons. The molecule has 7 heteroatoms. The Morgan fingerprint density at radius 3 is 2.50 bits per heavy atom. The third-order valence-corrected chi connectivity index (χ3v) is 6.38. The Hall–Kier alpha value is -2.02. The second kappa shape index (κ2) is 8.12. The molecule has 26 heavy (non-hydrogen) atoms. The Balaban J connectivity index is 1.56. The van der Waals surface area contributed by atoms with Crippen molar-refractivity contribution < 1.29 is 9.59 Å². The highest BCUT2D eigenvalue weighted by molar-refractivity contribution is 8.00. The van der Waals surface area contributed by atoms with E-state index in [4.69, 9.17) is 0 Å². The van der Waals surface area contributed by atoms with E-state index in [9.17, 15) is 9.59 Å². The molecule has 2 aliphatic heterocycles. The molecule has 140 valence electrons. The first-order chi connectivity index (χ1) is 12.5. The van der Waals surface area contributed by atoms with Crippen LogP contribution in [0.15, 0.2) is 29.3 Å². The molecule has 0 aliphatic carbocycles. The van der Waals surface area contributed by atoms with Crippen LogP contribution in [0.25, 0.3) is 0 Å². The van der Waals surface area contributed by atoms with Crippen molar-refractivity contribution in [2.24, 2.45) is 10.9 Å². The molecular weight excluding hydrogens is 348 g/mol. The summed E-state index contributed by atoms with van der Waals surface area (Å²) in [5.74, 6) is 2.13. The van der Waals surface area contributed by atoms with Gasteiger partial charge in [0.2, 0.25) is 0 Å². The van der Waals surface area contributed by atoms with Gasteiger partial charge < -0.3 is 10.2 Å². The van der Waals surface area contributed by atoms with Crippen molar-refractivity contribution in [3.8, 4) is 0 Å². The lowest BCUT2D eigenvalue weighted by Crippen LogP contribution is -2.50. The van der Waals surface area contributed by atoms with E-state index >= 15 is 0 Å². The van der Waals surface area contributed by atoms with Crippen molar-refractivity contribution in [2.75, 3.05) is 39.0 Å². The first kappa shape index (κ1) is 18.8. The molecule has 1 saturated heterocycles. The summed E-state index contributed by atoms with van der Waals surface area (Å²) in [5, 5.41) is 3.91. The van der Waals surface area contributed by atoms with Gasteiger partial charge in [-0.15, -0.1) is 0 Å². The molecule has 1 atom stereocenters. The number of imide groups is 1. The van der Waals surface area contributed by atoms with Gasteiger partial charge in [-0.05, 0) is 18.1 Å². The largest absolute Gasteiger partial charge is 0.354 e. The summed E-state index contributed by atoms with van der Waals surface area (Å²) in [5.41, 5.74) is 0.990. The van der Waals surface area contributed by atoms with Gasteiger partial charge in [-0.25, -0.2) is 0 Å². The zero-order chi connectivity index (χ0) is 18.7. The lowest BCUT2D eigenvalue weighted by molar-refractivity contribution is 0.0657. The highest BCUT2D eigenvalue weighted by Gasteiger charge is 2.34. The van der Waals surface area contributed by atoms with E-state index in [1.54, 1.807) is 31.3 Å². The van der Waals surface area contributed by atoms with Crippen LogP contribution in [0.4, 0.5) is 0 Å². The first-order valence-electron chi connectivity index (χ1n) is 9.05. The number of guanidine groups is 1. The Labute approximate surface area is 159 Å². The van der Waals surface area contributed by atoms with Crippen molar-refractivity contribution in [3.05, 3.63) is 35.4 Å². The van der Waals surface area contributed by atoms with Crippen LogP contribution in [-0.2, 0) is 0 Å². The smallest absolute Gasteiger partial charge is 0.261 e. The maximum atomic E-state index is 12.4. The predicted octanol–water partition coefficient (Wildman–Crippen LogP) is 1.93. The molecule has 3 rings (SSSR count). The minimum atomic E-state index is -0.211. The van der Waals surface area contributed by atoms with Crippen LogP contribution in [-0.4, -0.2) is 71.8 Å². The first-order valence-corrected chi connectivity index (χ1v) is 10.1. The Bertz CT molecular complexity index is 684. The number of thioether (sulfide) groups is 1. The third-order valence-electron chi connectivity index (χ3n) is 4.85. The van der Waals surface area contributed by atoms with Crippen molar-refractivity contribution in [2.45, 2.75) is 19.1 Å². The number of nitrogens with zero attached hydrogens (tertiary/aromatic N) is 3. The van der Waals surface area contributed by atoms with E-state index in [1.807, 2.05) is 11.8 Å². The number of aliphatic imine (C=N–C) groups is 1. The lowest BCUT2D eigenvalue weighted by atomic mass is 10.1. The number of hydrogen-bond acceptors (Lipinski definition) is 4. The molecule has 2 aliphatic rings. The van der Waals surface area contributed by atoms with Crippen molar-refractivity contribution in [1.29, 1.82) is 0 Å². The van der Waals surface area contributed by atoms with Gasteiger partial charge in [0.1, 0.15) is 0 Å². The molecule has 1 unspecified atom stereocenters.